The molecule has 0 aliphatic rings. The molecule has 2 amide bonds. The standard InChI is InChI=1S/C24H23ClN2O2S/c1-17-7-4-9-19(15-17)23(28)27-22(16-20-11-6-14-30-20)24(29)26-13-5-10-18-8-2-3-12-21(18)25/h2-4,6-9,11-12,14-16H,5,10,13H2,1H3,(H,26,29)(H,27,28)/b22-16-. The van der Waals surface area contributed by atoms with Gasteiger partial charge in [0.2, 0.25) is 0 Å². The minimum atomic E-state index is -0.316. The van der Waals surface area contributed by atoms with Gasteiger partial charge in [0, 0.05) is 22.0 Å². The van der Waals surface area contributed by atoms with Crippen LogP contribution in [0.3, 0.4) is 0 Å². The zero-order valence-corrected chi connectivity index (χ0v) is 18.2. The summed E-state index contributed by atoms with van der Waals surface area (Å²) >= 11 is 7.68. The average molecular weight is 439 g/mol. The van der Waals surface area contributed by atoms with Crippen LogP contribution < -0.4 is 10.6 Å². The van der Waals surface area contributed by atoms with Crippen LogP contribution in [0, 0.1) is 6.92 Å². The normalized spacial score (nSPS) is 11.2. The van der Waals surface area contributed by atoms with E-state index < -0.39 is 0 Å². The monoisotopic (exact) mass is 438 g/mol. The van der Waals surface area contributed by atoms with Crippen LogP contribution in [0.5, 0.6) is 0 Å². The second-order valence-corrected chi connectivity index (χ2v) is 8.23. The van der Waals surface area contributed by atoms with Crippen molar-refractivity contribution in [2.24, 2.45) is 0 Å². The summed E-state index contributed by atoms with van der Waals surface area (Å²) < 4.78 is 0. The Hall–Kier alpha value is -2.89. The topological polar surface area (TPSA) is 58.2 Å². The molecule has 154 valence electrons. The maximum absolute atomic E-state index is 12.8. The Kier molecular flexibility index (Phi) is 7.82. The largest absolute Gasteiger partial charge is 0.351 e. The van der Waals surface area contributed by atoms with Gasteiger partial charge in [0.05, 0.1) is 0 Å². The second-order valence-electron chi connectivity index (χ2n) is 6.85. The predicted octanol–water partition coefficient (Wildman–Crippen LogP) is 5.23. The molecular weight excluding hydrogens is 416 g/mol. The van der Waals surface area contributed by atoms with E-state index in [1.165, 1.54) is 11.3 Å². The zero-order valence-electron chi connectivity index (χ0n) is 16.7. The number of nitrogens with one attached hydrogen (secondary N) is 2. The first-order chi connectivity index (χ1) is 14.5. The molecule has 1 heterocycles. The van der Waals surface area contributed by atoms with Crippen LogP contribution in [-0.4, -0.2) is 18.4 Å². The maximum atomic E-state index is 12.8. The van der Waals surface area contributed by atoms with Crippen molar-refractivity contribution in [3.8, 4) is 0 Å². The van der Waals surface area contributed by atoms with Crippen molar-refractivity contribution in [2.45, 2.75) is 19.8 Å². The van der Waals surface area contributed by atoms with Gasteiger partial charge in [0.15, 0.2) is 0 Å². The van der Waals surface area contributed by atoms with Gasteiger partial charge in [0.1, 0.15) is 5.70 Å². The molecule has 0 aliphatic heterocycles. The molecule has 3 rings (SSSR count). The van der Waals surface area contributed by atoms with Crippen LogP contribution in [0.1, 0.15) is 32.8 Å². The Balaban J connectivity index is 1.64. The number of amides is 2. The lowest BCUT2D eigenvalue weighted by molar-refractivity contribution is -0.117. The summed E-state index contributed by atoms with van der Waals surface area (Å²) in [5, 5.41) is 8.31. The minimum absolute atomic E-state index is 0.224. The Bertz CT molecular complexity index is 1040. The van der Waals surface area contributed by atoms with E-state index in [9.17, 15) is 9.59 Å². The van der Waals surface area contributed by atoms with Crippen LogP contribution >= 0.6 is 22.9 Å². The first-order valence-corrected chi connectivity index (χ1v) is 10.9. The Morgan fingerprint density at radius 2 is 1.90 bits per heavy atom. The van der Waals surface area contributed by atoms with E-state index in [4.69, 9.17) is 11.6 Å². The van der Waals surface area contributed by atoms with Crippen molar-refractivity contribution in [1.82, 2.24) is 10.6 Å². The summed E-state index contributed by atoms with van der Waals surface area (Å²) in [5.74, 6) is -0.628. The Morgan fingerprint density at radius 3 is 2.63 bits per heavy atom. The number of hydrogen-bond donors (Lipinski definition) is 2. The van der Waals surface area contributed by atoms with Crippen molar-refractivity contribution in [3.63, 3.8) is 0 Å². The predicted molar refractivity (Wildman–Crippen MR) is 124 cm³/mol. The molecule has 1 aromatic heterocycles. The fraction of sp³-hybridized carbons (Fsp3) is 0.167. The van der Waals surface area contributed by atoms with Gasteiger partial charge in [-0.3, -0.25) is 9.59 Å². The highest BCUT2D eigenvalue weighted by atomic mass is 35.5. The molecule has 4 nitrogen and oxygen atoms in total. The number of aryl methyl sites for hydroxylation is 2. The summed E-state index contributed by atoms with van der Waals surface area (Å²) in [6.07, 6.45) is 3.20. The number of benzene rings is 2. The van der Waals surface area contributed by atoms with Gasteiger partial charge < -0.3 is 10.6 Å². The highest BCUT2D eigenvalue weighted by Gasteiger charge is 2.15. The van der Waals surface area contributed by atoms with Crippen LogP contribution in [0.2, 0.25) is 5.02 Å². The van der Waals surface area contributed by atoms with E-state index in [0.717, 1.165) is 33.9 Å². The van der Waals surface area contributed by atoms with Crippen LogP contribution in [-0.2, 0) is 11.2 Å². The summed E-state index contributed by atoms with van der Waals surface area (Å²) in [4.78, 5) is 26.3. The molecule has 6 heteroatoms. The van der Waals surface area contributed by atoms with Crippen LogP contribution in [0.4, 0.5) is 0 Å². The lowest BCUT2D eigenvalue weighted by Gasteiger charge is -2.11. The number of halogens is 1. The maximum Gasteiger partial charge on any atom is 0.267 e. The van der Waals surface area contributed by atoms with Gasteiger partial charge in [-0.25, -0.2) is 0 Å². The average Bonchev–Trinajstić information content (AvgIpc) is 3.25. The molecule has 0 bridgehead atoms. The molecule has 0 saturated heterocycles. The van der Waals surface area contributed by atoms with E-state index in [-0.39, 0.29) is 17.5 Å². The molecule has 0 fully saturated rings. The van der Waals surface area contributed by atoms with E-state index >= 15 is 0 Å². The van der Waals surface area contributed by atoms with Crippen molar-refractivity contribution in [2.75, 3.05) is 6.54 Å². The number of hydrogen-bond acceptors (Lipinski definition) is 3. The molecule has 2 N–H and O–H groups in total. The summed E-state index contributed by atoms with van der Waals surface area (Å²) in [5.41, 5.74) is 2.77. The van der Waals surface area contributed by atoms with Crippen LogP contribution in [0.15, 0.2) is 71.7 Å². The first-order valence-electron chi connectivity index (χ1n) is 9.68. The van der Waals surface area contributed by atoms with Gasteiger partial charge in [-0.2, -0.15) is 0 Å². The smallest absolute Gasteiger partial charge is 0.267 e. The minimum Gasteiger partial charge on any atom is -0.351 e. The fourth-order valence-electron chi connectivity index (χ4n) is 2.93. The quantitative estimate of drug-likeness (QED) is 0.373. The number of thiophene rings is 1. The third-order valence-corrected chi connectivity index (χ3v) is 5.66. The molecule has 0 saturated carbocycles. The zero-order chi connectivity index (χ0) is 21.3. The Labute approximate surface area is 185 Å². The van der Waals surface area contributed by atoms with Crippen molar-refractivity contribution in [1.29, 1.82) is 0 Å². The molecule has 0 radical (unpaired) electrons. The third kappa shape index (κ3) is 6.31. The summed E-state index contributed by atoms with van der Waals surface area (Å²) in [6.45, 7) is 2.40. The highest BCUT2D eigenvalue weighted by Crippen LogP contribution is 2.16. The SMILES string of the molecule is Cc1cccc(C(=O)N/C(=C\c2cccs2)C(=O)NCCCc2ccccc2Cl)c1. The number of rotatable bonds is 8. The third-order valence-electron chi connectivity index (χ3n) is 4.47. The van der Waals surface area contributed by atoms with E-state index in [2.05, 4.69) is 10.6 Å². The molecule has 30 heavy (non-hydrogen) atoms. The molecule has 0 atom stereocenters. The van der Waals surface area contributed by atoms with Crippen molar-refractivity contribution in [3.05, 3.63) is 98.3 Å². The summed E-state index contributed by atoms with van der Waals surface area (Å²) in [7, 11) is 0. The van der Waals surface area contributed by atoms with Gasteiger partial charge in [-0.05, 0) is 61.1 Å². The van der Waals surface area contributed by atoms with E-state index in [1.807, 2.05) is 60.8 Å². The highest BCUT2D eigenvalue weighted by molar-refractivity contribution is 7.10. The molecular formula is C24H23ClN2O2S. The molecule has 0 unspecified atom stereocenters. The molecule has 0 aliphatic carbocycles. The van der Waals surface area contributed by atoms with Crippen LogP contribution in [0.25, 0.3) is 6.08 Å². The van der Waals surface area contributed by atoms with E-state index in [0.29, 0.717) is 12.1 Å². The lowest BCUT2D eigenvalue weighted by atomic mass is 10.1. The lowest BCUT2D eigenvalue weighted by Crippen LogP contribution is -2.35. The van der Waals surface area contributed by atoms with Gasteiger partial charge >= 0.3 is 0 Å². The Morgan fingerprint density at radius 1 is 1.07 bits per heavy atom. The van der Waals surface area contributed by atoms with E-state index in [1.54, 1.807) is 18.2 Å². The number of carbonyl (C=O) groups is 2. The summed E-state index contributed by atoms with van der Waals surface area (Å²) in [6, 6.07) is 18.7. The van der Waals surface area contributed by atoms with Crippen molar-refractivity contribution >= 4 is 40.8 Å². The molecule has 3 aromatic rings. The fourth-order valence-corrected chi connectivity index (χ4v) is 3.82. The van der Waals surface area contributed by atoms with Crippen molar-refractivity contribution < 1.29 is 9.59 Å². The van der Waals surface area contributed by atoms with Gasteiger partial charge in [-0.15, -0.1) is 11.3 Å². The molecule has 2 aromatic carbocycles. The molecule has 0 spiro atoms. The first kappa shape index (κ1) is 21.8. The second kappa shape index (κ2) is 10.8. The van der Waals surface area contributed by atoms with Gasteiger partial charge in [0.25, 0.3) is 11.8 Å². The number of carbonyl (C=O) groups excluding carboxylic acids is 2. The van der Waals surface area contributed by atoms with Gasteiger partial charge in [-0.1, -0.05) is 53.6 Å².